The molecule has 1 aromatic heterocycles. The molecule has 0 aliphatic carbocycles. The first-order chi connectivity index (χ1) is 7.38. The fourth-order valence-corrected chi connectivity index (χ4v) is 2.47. The summed E-state index contributed by atoms with van der Waals surface area (Å²) in [6, 6.07) is 1.87. The van der Waals surface area contributed by atoms with Crippen LogP contribution in [-0.4, -0.2) is 36.1 Å². The topological polar surface area (TPSA) is 41.1 Å². The van der Waals surface area contributed by atoms with Crippen molar-refractivity contribution < 1.29 is 0 Å². The lowest BCUT2D eigenvalue weighted by Gasteiger charge is -2.48. The van der Waals surface area contributed by atoms with E-state index in [1.54, 1.807) is 0 Å². The van der Waals surface area contributed by atoms with Crippen molar-refractivity contribution in [3.8, 4) is 0 Å². The van der Waals surface area contributed by atoms with Gasteiger partial charge in [-0.3, -0.25) is 0 Å². The Hall–Kier alpha value is -1.16. The molecule has 80 valence electrons. The van der Waals surface area contributed by atoms with Crippen LogP contribution in [0.2, 0.25) is 0 Å². The number of nitrogens with one attached hydrogen (secondary N) is 1. The fourth-order valence-electron chi connectivity index (χ4n) is 2.47. The lowest BCUT2D eigenvalue weighted by molar-refractivity contribution is 0.126. The molecule has 0 atom stereocenters. The van der Waals surface area contributed by atoms with Gasteiger partial charge in [0.25, 0.3) is 0 Å². The minimum Gasteiger partial charge on any atom is -0.341 e. The molecule has 0 radical (unpaired) electrons. The molecule has 15 heavy (non-hydrogen) atoms. The molecule has 0 unspecified atom stereocenters. The number of piperidine rings is 1. The van der Waals surface area contributed by atoms with Gasteiger partial charge in [-0.2, -0.15) is 0 Å². The summed E-state index contributed by atoms with van der Waals surface area (Å²) < 4.78 is 0. The fraction of sp³-hybridized carbons (Fsp3) is 0.636. The van der Waals surface area contributed by atoms with E-state index in [1.807, 2.05) is 18.5 Å². The minimum absolute atomic E-state index is 0.602. The molecule has 0 aromatic carbocycles. The summed E-state index contributed by atoms with van der Waals surface area (Å²) in [6.07, 6.45) is 6.19. The van der Waals surface area contributed by atoms with Crippen LogP contribution < -0.4 is 10.2 Å². The molecule has 1 N–H and O–H groups in total. The van der Waals surface area contributed by atoms with Gasteiger partial charge in [-0.1, -0.05) is 0 Å². The Balaban J connectivity index is 1.67. The first-order valence-corrected chi connectivity index (χ1v) is 5.61. The van der Waals surface area contributed by atoms with Gasteiger partial charge >= 0.3 is 0 Å². The molecule has 4 nitrogen and oxygen atoms in total. The zero-order valence-electron chi connectivity index (χ0n) is 8.82. The predicted octanol–water partition coefficient (Wildman–Crippen LogP) is 0.666. The second-order valence-corrected chi connectivity index (χ2v) is 4.64. The Bertz CT molecular complexity index is 324. The smallest absolute Gasteiger partial charge is 0.225 e. The number of aromatic nitrogens is 2. The Morgan fingerprint density at radius 2 is 1.80 bits per heavy atom. The van der Waals surface area contributed by atoms with Crippen molar-refractivity contribution in [3.05, 3.63) is 18.5 Å². The normalized spacial score (nSPS) is 23.9. The molecular weight excluding hydrogens is 188 g/mol. The molecule has 2 fully saturated rings. The molecule has 4 heteroatoms. The molecule has 1 aromatic rings. The maximum absolute atomic E-state index is 4.29. The highest BCUT2D eigenvalue weighted by atomic mass is 15.3. The van der Waals surface area contributed by atoms with Crippen LogP contribution in [0.5, 0.6) is 0 Å². The molecule has 1 spiro atoms. The lowest BCUT2D eigenvalue weighted by atomic mass is 9.73. The maximum Gasteiger partial charge on any atom is 0.225 e. The van der Waals surface area contributed by atoms with Gasteiger partial charge in [0.15, 0.2) is 0 Å². The van der Waals surface area contributed by atoms with Crippen LogP contribution in [0.15, 0.2) is 18.5 Å². The monoisotopic (exact) mass is 204 g/mol. The molecule has 3 heterocycles. The van der Waals surface area contributed by atoms with E-state index >= 15 is 0 Å². The zero-order valence-corrected chi connectivity index (χ0v) is 8.82. The predicted molar refractivity (Wildman–Crippen MR) is 58.8 cm³/mol. The van der Waals surface area contributed by atoms with Crippen LogP contribution in [-0.2, 0) is 0 Å². The van der Waals surface area contributed by atoms with Crippen molar-refractivity contribution >= 4 is 5.95 Å². The van der Waals surface area contributed by atoms with Crippen molar-refractivity contribution in [1.29, 1.82) is 0 Å². The standard InChI is InChI=1S/C11H16N4/c1-4-13-10(14-5-1)15-6-2-11(3-7-15)8-12-9-11/h1,4-5,12H,2-3,6-9H2. The van der Waals surface area contributed by atoms with Crippen molar-refractivity contribution in [2.45, 2.75) is 12.8 Å². The van der Waals surface area contributed by atoms with Crippen molar-refractivity contribution in [1.82, 2.24) is 15.3 Å². The Morgan fingerprint density at radius 3 is 2.33 bits per heavy atom. The molecule has 2 saturated heterocycles. The zero-order chi connectivity index (χ0) is 10.1. The number of nitrogens with zero attached hydrogens (tertiary/aromatic N) is 3. The van der Waals surface area contributed by atoms with E-state index in [0.717, 1.165) is 19.0 Å². The summed E-state index contributed by atoms with van der Waals surface area (Å²) in [5, 5.41) is 3.38. The second-order valence-electron chi connectivity index (χ2n) is 4.64. The van der Waals surface area contributed by atoms with E-state index in [1.165, 1.54) is 25.9 Å². The molecule has 0 saturated carbocycles. The van der Waals surface area contributed by atoms with E-state index in [-0.39, 0.29) is 0 Å². The molecular formula is C11H16N4. The Kier molecular flexibility index (Phi) is 2.09. The second kappa shape index (κ2) is 3.45. The maximum atomic E-state index is 4.29. The third-order valence-electron chi connectivity index (χ3n) is 3.66. The van der Waals surface area contributed by atoms with Gasteiger partial charge < -0.3 is 10.2 Å². The summed E-state index contributed by atoms with van der Waals surface area (Å²) in [5.74, 6) is 0.889. The first kappa shape index (κ1) is 9.09. The van der Waals surface area contributed by atoms with Gasteiger partial charge in [0.2, 0.25) is 5.95 Å². The van der Waals surface area contributed by atoms with E-state index < -0.39 is 0 Å². The van der Waals surface area contributed by atoms with Crippen LogP contribution in [0.4, 0.5) is 5.95 Å². The molecule has 0 bridgehead atoms. The van der Waals surface area contributed by atoms with Gasteiger partial charge in [-0.15, -0.1) is 0 Å². The summed E-state index contributed by atoms with van der Waals surface area (Å²) in [6.45, 7) is 4.62. The SMILES string of the molecule is c1cnc(N2CCC3(CC2)CNC3)nc1. The van der Waals surface area contributed by atoms with Crippen molar-refractivity contribution in [3.63, 3.8) is 0 Å². The van der Waals surface area contributed by atoms with E-state index in [0.29, 0.717) is 5.41 Å². The van der Waals surface area contributed by atoms with E-state index in [9.17, 15) is 0 Å². The van der Waals surface area contributed by atoms with Gasteiger partial charge in [0.05, 0.1) is 0 Å². The van der Waals surface area contributed by atoms with Gasteiger partial charge in [-0.05, 0) is 24.3 Å². The highest BCUT2D eigenvalue weighted by Crippen LogP contribution is 2.35. The van der Waals surface area contributed by atoms with Crippen molar-refractivity contribution in [2.24, 2.45) is 5.41 Å². The number of anilines is 1. The van der Waals surface area contributed by atoms with E-state index in [2.05, 4.69) is 20.2 Å². The number of rotatable bonds is 1. The third kappa shape index (κ3) is 1.59. The Morgan fingerprint density at radius 1 is 1.13 bits per heavy atom. The molecule has 2 aliphatic heterocycles. The van der Waals surface area contributed by atoms with Crippen LogP contribution in [0.3, 0.4) is 0 Å². The van der Waals surface area contributed by atoms with Gasteiger partial charge in [-0.25, -0.2) is 9.97 Å². The summed E-state index contributed by atoms with van der Waals surface area (Å²) in [7, 11) is 0. The number of hydrogen-bond acceptors (Lipinski definition) is 4. The van der Waals surface area contributed by atoms with Crippen molar-refractivity contribution in [2.75, 3.05) is 31.1 Å². The van der Waals surface area contributed by atoms with Crippen LogP contribution in [0.25, 0.3) is 0 Å². The summed E-state index contributed by atoms with van der Waals surface area (Å²) in [4.78, 5) is 10.9. The highest BCUT2D eigenvalue weighted by Gasteiger charge is 2.39. The number of hydrogen-bond donors (Lipinski definition) is 1. The minimum atomic E-state index is 0.602. The van der Waals surface area contributed by atoms with Gasteiger partial charge in [0.1, 0.15) is 0 Å². The molecule has 3 rings (SSSR count). The highest BCUT2D eigenvalue weighted by molar-refractivity contribution is 5.29. The van der Waals surface area contributed by atoms with Crippen LogP contribution >= 0.6 is 0 Å². The molecule has 0 amide bonds. The third-order valence-corrected chi connectivity index (χ3v) is 3.66. The first-order valence-electron chi connectivity index (χ1n) is 5.61. The Labute approximate surface area is 89.7 Å². The van der Waals surface area contributed by atoms with Gasteiger partial charge in [0, 0.05) is 38.6 Å². The summed E-state index contributed by atoms with van der Waals surface area (Å²) in [5.41, 5.74) is 0.602. The lowest BCUT2D eigenvalue weighted by Crippen LogP contribution is -2.58. The average Bonchev–Trinajstić information content (AvgIpc) is 2.28. The largest absolute Gasteiger partial charge is 0.341 e. The quantitative estimate of drug-likeness (QED) is 0.730. The van der Waals surface area contributed by atoms with Crippen LogP contribution in [0, 0.1) is 5.41 Å². The van der Waals surface area contributed by atoms with Crippen LogP contribution in [0.1, 0.15) is 12.8 Å². The van der Waals surface area contributed by atoms with E-state index in [4.69, 9.17) is 0 Å². The average molecular weight is 204 g/mol. The summed E-state index contributed by atoms with van der Waals surface area (Å²) >= 11 is 0. The molecule has 2 aliphatic rings.